The van der Waals surface area contributed by atoms with Crippen molar-refractivity contribution in [3.8, 4) is 11.4 Å². The molecule has 1 aromatic carbocycles. The highest BCUT2D eigenvalue weighted by atomic mass is 16.2. The smallest absolute Gasteiger partial charge is 0.253 e. The van der Waals surface area contributed by atoms with Crippen LogP contribution in [0, 0.1) is 11.3 Å². The van der Waals surface area contributed by atoms with Gasteiger partial charge >= 0.3 is 0 Å². The zero-order chi connectivity index (χ0) is 20.1. The number of hydrogen-bond donors (Lipinski definition) is 2. The molecule has 28 heavy (non-hydrogen) atoms. The Kier molecular flexibility index (Phi) is 4.56. The number of hydrogen-bond acceptors (Lipinski definition) is 2. The summed E-state index contributed by atoms with van der Waals surface area (Å²) in [6, 6.07) is 8.04. The highest BCUT2D eigenvalue weighted by Crippen LogP contribution is 2.38. The van der Waals surface area contributed by atoms with Crippen LogP contribution in [-0.2, 0) is 12.8 Å². The van der Waals surface area contributed by atoms with Crippen molar-refractivity contribution in [3.05, 3.63) is 41.1 Å². The fourth-order valence-electron chi connectivity index (χ4n) is 4.31. The number of carbonyl (C=O) groups is 1. The van der Waals surface area contributed by atoms with Crippen LogP contribution >= 0.6 is 0 Å². The fraction of sp³-hybridized carbons (Fsp3) is 0.478. The van der Waals surface area contributed by atoms with E-state index < -0.39 is 0 Å². The molecule has 0 saturated carbocycles. The summed E-state index contributed by atoms with van der Waals surface area (Å²) in [4.78, 5) is 18.0. The molecule has 148 valence electrons. The molecule has 0 fully saturated rings. The molecule has 0 spiro atoms. The third-order valence-corrected chi connectivity index (χ3v) is 5.77. The lowest BCUT2D eigenvalue weighted by Gasteiger charge is -2.28. The maximum atomic E-state index is 12.7. The van der Waals surface area contributed by atoms with E-state index in [9.17, 15) is 4.79 Å². The normalized spacial score (nSPS) is 15.8. The maximum Gasteiger partial charge on any atom is 0.253 e. The van der Waals surface area contributed by atoms with E-state index in [0.717, 1.165) is 47.2 Å². The number of carbonyl (C=O) groups excluding carboxylic acids is 1. The average molecular weight is 379 g/mol. The largest absolute Gasteiger partial charge is 0.353 e. The summed E-state index contributed by atoms with van der Waals surface area (Å²) in [7, 11) is 1.87. The number of rotatable bonds is 4. The SMILES string of the molecule is CC(C)CN(C)C(=O)c1ccc2cc(-c3n[nH]c4c3CCC(C)(C)C4)[nH]c2c1. The van der Waals surface area contributed by atoms with Gasteiger partial charge < -0.3 is 9.88 Å². The van der Waals surface area contributed by atoms with E-state index in [1.165, 1.54) is 17.7 Å². The molecular formula is C23H30N4O. The number of nitrogens with one attached hydrogen (secondary N) is 2. The summed E-state index contributed by atoms with van der Waals surface area (Å²) < 4.78 is 0. The molecule has 1 amide bonds. The van der Waals surface area contributed by atoms with Gasteiger partial charge in [-0.15, -0.1) is 0 Å². The predicted molar refractivity (Wildman–Crippen MR) is 113 cm³/mol. The molecule has 1 aliphatic rings. The number of aromatic amines is 2. The van der Waals surface area contributed by atoms with Crippen molar-refractivity contribution >= 4 is 16.8 Å². The zero-order valence-electron chi connectivity index (χ0n) is 17.5. The first-order chi connectivity index (χ1) is 13.2. The quantitative estimate of drug-likeness (QED) is 0.685. The van der Waals surface area contributed by atoms with Crippen LogP contribution in [0.15, 0.2) is 24.3 Å². The van der Waals surface area contributed by atoms with Crippen LogP contribution in [0.4, 0.5) is 0 Å². The first-order valence-electron chi connectivity index (χ1n) is 10.2. The van der Waals surface area contributed by atoms with E-state index >= 15 is 0 Å². The van der Waals surface area contributed by atoms with Crippen molar-refractivity contribution in [2.24, 2.45) is 11.3 Å². The Balaban J connectivity index is 1.65. The van der Waals surface area contributed by atoms with Crippen LogP contribution in [0.1, 0.15) is 55.7 Å². The monoisotopic (exact) mass is 378 g/mol. The van der Waals surface area contributed by atoms with Gasteiger partial charge in [0.25, 0.3) is 5.91 Å². The summed E-state index contributed by atoms with van der Waals surface area (Å²) in [5.74, 6) is 0.511. The topological polar surface area (TPSA) is 64.8 Å². The van der Waals surface area contributed by atoms with Gasteiger partial charge in [0.1, 0.15) is 5.69 Å². The van der Waals surface area contributed by atoms with Crippen molar-refractivity contribution in [1.29, 1.82) is 0 Å². The summed E-state index contributed by atoms with van der Waals surface area (Å²) in [6.45, 7) is 9.62. The molecule has 2 heterocycles. The molecule has 0 saturated heterocycles. The Morgan fingerprint density at radius 3 is 2.82 bits per heavy atom. The third-order valence-electron chi connectivity index (χ3n) is 5.77. The van der Waals surface area contributed by atoms with Crippen molar-refractivity contribution < 1.29 is 4.79 Å². The second kappa shape index (κ2) is 6.80. The summed E-state index contributed by atoms with van der Waals surface area (Å²) >= 11 is 0. The number of fused-ring (bicyclic) bond motifs is 2. The Morgan fingerprint density at radius 1 is 1.29 bits per heavy atom. The van der Waals surface area contributed by atoms with Gasteiger partial charge in [0.05, 0.1) is 5.69 Å². The molecular weight excluding hydrogens is 348 g/mol. The number of aromatic nitrogens is 3. The first-order valence-corrected chi connectivity index (χ1v) is 10.2. The molecule has 0 unspecified atom stereocenters. The molecule has 3 aromatic rings. The van der Waals surface area contributed by atoms with E-state index in [1.54, 1.807) is 4.90 Å². The van der Waals surface area contributed by atoms with Crippen LogP contribution in [-0.4, -0.2) is 39.6 Å². The van der Waals surface area contributed by atoms with Gasteiger partial charge in [0, 0.05) is 41.3 Å². The minimum Gasteiger partial charge on any atom is -0.353 e. The molecule has 2 N–H and O–H groups in total. The van der Waals surface area contributed by atoms with E-state index in [0.29, 0.717) is 11.3 Å². The van der Waals surface area contributed by atoms with Gasteiger partial charge in [-0.1, -0.05) is 33.8 Å². The second-order valence-electron chi connectivity index (χ2n) is 9.43. The number of benzene rings is 1. The summed E-state index contributed by atoms with van der Waals surface area (Å²) in [5, 5.41) is 8.98. The average Bonchev–Trinajstić information content (AvgIpc) is 3.21. The van der Waals surface area contributed by atoms with Crippen LogP contribution < -0.4 is 0 Å². The van der Waals surface area contributed by atoms with E-state index in [2.05, 4.69) is 48.9 Å². The lowest BCUT2D eigenvalue weighted by atomic mass is 9.76. The number of H-pyrrole nitrogens is 2. The Labute approximate surface area is 166 Å². The summed E-state index contributed by atoms with van der Waals surface area (Å²) in [5.41, 5.74) is 6.66. The van der Waals surface area contributed by atoms with Gasteiger partial charge in [-0.25, -0.2) is 0 Å². The molecule has 5 heteroatoms. The highest BCUT2D eigenvalue weighted by molar-refractivity contribution is 5.98. The minimum absolute atomic E-state index is 0.0612. The van der Waals surface area contributed by atoms with Crippen LogP contribution in [0.25, 0.3) is 22.3 Å². The first kappa shape index (κ1) is 18.8. The van der Waals surface area contributed by atoms with Crippen molar-refractivity contribution in [2.45, 2.75) is 47.0 Å². The molecule has 0 radical (unpaired) electrons. The maximum absolute atomic E-state index is 12.7. The van der Waals surface area contributed by atoms with Crippen LogP contribution in [0.3, 0.4) is 0 Å². The third kappa shape index (κ3) is 3.46. The fourth-order valence-corrected chi connectivity index (χ4v) is 4.31. The van der Waals surface area contributed by atoms with Crippen molar-refractivity contribution in [2.75, 3.05) is 13.6 Å². The van der Waals surface area contributed by atoms with Crippen LogP contribution in [0.2, 0.25) is 0 Å². The Hall–Kier alpha value is -2.56. The van der Waals surface area contributed by atoms with Gasteiger partial charge in [0.15, 0.2) is 0 Å². The van der Waals surface area contributed by atoms with Gasteiger partial charge in [-0.05, 0) is 48.8 Å². The lowest BCUT2D eigenvalue weighted by Crippen LogP contribution is -2.30. The molecule has 0 aliphatic heterocycles. The highest BCUT2D eigenvalue weighted by Gasteiger charge is 2.29. The van der Waals surface area contributed by atoms with E-state index in [-0.39, 0.29) is 5.91 Å². The van der Waals surface area contributed by atoms with Gasteiger partial charge in [0.2, 0.25) is 0 Å². The molecule has 1 aliphatic carbocycles. The number of amides is 1. The zero-order valence-corrected chi connectivity index (χ0v) is 17.5. The van der Waals surface area contributed by atoms with Gasteiger partial charge in [-0.3, -0.25) is 9.89 Å². The van der Waals surface area contributed by atoms with Crippen LogP contribution in [0.5, 0.6) is 0 Å². The molecule has 5 nitrogen and oxygen atoms in total. The van der Waals surface area contributed by atoms with Gasteiger partial charge in [-0.2, -0.15) is 5.10 Å². The molecule has 0 bridgehead atoms. The van der Waals surface area contributed by atoms with Crippen molar-refractivity contribution in [1.82, 2.24) is 20.1 Å². The predicted octanol–water partition coefficient (Wildman–Crippen LogP) is 4.80. The Bertz CT molecular complexity index is 1020. The molecule has 0 atom stereocenters. The molecule has 2 aromatic heterocycles. The van der Waals surface area contributed by atoms with E-state index in [1.807, 2.05) is 25.2 Å². The lowest BCUT2D eigenvalue weighted by molar-refractivity contribution is 0.0779. The second-order valence-corrected chi connectivity index (χ2v) is 9.43. The standard InChI is InChI=1S/C23H30N4O/c1-14(2)13-27(5)22(28)16-7-6-15-10-19(24-18(15)11-16)21-17-8-9-23(3,4)12-20(17)25-26-21/h6-7,10-11,14,24H,8-9,12-13H2,1-5H3,(H,25,26). The Morgan fingerprint density at radius 2 is 2.07 bits per heavy atom. The summed E-state index contributed by atoms with van der Waals surface area (Å²) in [6.07, 6.45) is 3.26. The number of nitrogens with zero attached hydrogens (tertiary/aromatic N) is 2. The minimum atomic E-state index is 0.0612. The van der Waals surface area contributed by atoms with E-state index in [4.69, 9.17) is 0 Å². The van der Waals surface area contributed by atoms with Crippen molar-refractivity contribution in [3.63, 3.8) is 0 Å². The molecule has 4 rings (SSSR count).